The Labute approximate surface area is 121 Å². The van der Waals surface area contributed by atoms with Crippen LogP contribution in [-0.2, 0) is 17.9 Å². The lowest BCUT2D eigenvalue weighted by atomic mass is 9.84. The molecule has 0 unspecified atom stereocenters. The van der Waals surface area contributed by atoms with Gasteiger partial charge in [-0.25, -0.2) is 4.98 Å². The number of nitrogens with zero attached hydrogens (tertiary/aromatic N) is 2. The molecule has 114 valence electrons. The van der Waals surface area contributed by atoms with E-state index in [-0.39, 0.29) is 11.8 Å². The van der Waals surface area contributed by atoms with Gasteiger partial charge in [-0.3, -0.25) is 4.79 Å². The van der Waals surface area contributed by atoms with E-state index in [0.29, 0.717) is 0 Å². The molecule has 0 aliphatic carbocycles. The van der Waals surface area contributed by atoms with Gasteiger partial charge in [0.05, 0.1) is 12.0 Å². The summed E-state index contributed by atoms with van der Waals surface area (Å²) in [6, 6.07) is 0. The molecule has 2 N–H and O–H groups in total. The van der Waals surface area contributed by atoms with Gasteiger partial charge in [0.15, 0.2) is 0 Å². The van der Waals surface area contributed by atoms with Crippen LogP contribution < -0.4 is 5.32 Å². The number of aryl methyl sites for hydroxylation is 1. The van der Waals surface area contributed by atoms with E-state index in [1.807, 2.05) is 12.5 Å². The van der Waals surface area contributed by atoms with Gasteiger partial charge in [-0.15, -0.1) is 0 Å². The first-order valence-corrected chi connectivity index (χ1v) is 7.36. The molecule has 0 fully saturated rings. The number of aliphatic carboxylic acids is 1. The van der Waals surface area contributed by atoms with Crippen molar-refractivity contribution in [2.75, 3.05) is 6.54 Å². The van der Waals surface area contributed by atoms with Crippen molar-refractivity contribution in [3.63, 3.8) is 0 Å². The lowest BCUT2D eigenvalue weighted by Gasteiger charge is -2.23. The minimum Gasteiger partial charge on any atom is -0.481 e. The average Bonchev–Trinajstić information content (AvgIpc) is 2.81. The minimum absolute atomic E-state index is 0.0645. The van der Waals surface area contributed by atoms with Gasteiger partial charge >= 0.3 is 5.97 Å². The van der Waals surface area contributed by atoms with Gasteiger partial charge in [0.1, 0.15) is 0 Å². The maximum atomic E-state index is 10.6. The highest BCUT2D eigenvalue weighted by atomic mass is 16.4. The van der Waals surface area contributed by atoms with Crippen molar-refractivity contribution >= 4 is 5.97 Å². The van der Waals surface area contributed by atoms with Crippen molar-refractivity contribution in [2.45, 2.75) is 59.5 Å². The maximum Gasteiger partial charge on any atom is 0.303 e. The van der Waals surface area contributed by atoms with Crippen LogP contribution in [0.2, 0.25) is 0 Å². The number of aromatic nitrogens is 2. The first kappa shape index (κ1) is 16.7. The number of carboxylic acid groups (broad SMARTS) is 1. The van der Waals surface area contributed by atoms with Crippen molar-refractivity contribution in [2.24, 2.45) is 5.41 Å². The lowest BCUT2D eigenvalue weighted by molar-refractivity contribution is -0.137. The number of carbonyl (C=O) groups is 1. The summed E-state index contributed by atoms with van der Waals surface area (Å²) in [6.45, 7) is 9.11. The molecule has 0 saturated carbocycles. The molecule has 20 heavy (non-hydrogen) atoms. The zero-order chi connectivity index (χ0) is 15.0. The predicted molar refractivity (Wildman–Crippen MR) is 79.5 cm³/mol. The zero-order valence-electron chi connectivity index (χ0n) is 12.9. The summed E-state index contributed by atoms with van der Waals surface area (Å²) < 4.78 is 2.17. The van der Waals surface area contributed by atoms with E-state index in [4.69, 9.17) is 5.11 Å². The van der Waals surface area contributed by atoms with E-state index in [1.54, 1.807) is 0 Å². The van der Waals surface area contributed by atoms with Crippen LogP contribution in [0.1, 0.15) is 52.1 Å². The summed E-state index contributed by atoms with van der Waals surface area (Å²) in [5, 5.41) is 12.2. The van der Waals surface area contributed by atoms with Crippen LogP contribution in [0.4, 0.5) is 0 Å². The molecule has 0 aliphatic rings. The predicted octanol–water partition coefficient (Wildman–Crippen LogP) is 2.66. The highest BCUT2D eigenvalue weighted by molar-refractivity contribution is 5.66. The Bertz CT molecular complexity index is 413. The van der Waals surface area contributed by atoms with Crippen LogP contribution in [0.25, 0.3) is 0 Å². The van der Waals surface area contributed by atoms with Gasteiger partial charge < -0.3 is 15.0 Å². The number of nitrogens with one attached hydrogen (secondary N) is 1. The molecule has 0 saturated heterocycles. The summed E-state index contributed by atoms with van der Waals surface area (Å²) in [4.78, 5) is 14.8. The van der Waals surface area contributed by atoms with E-state index < -0.39 is 5.97 Å². The quantitative estimate of drug-likeness (QED) is 0.647. The fourth-order valence-electron chi connectivity index (χ4n) is 2.15. The Morgan fingerprint density at radius 3 is 2.85 bits per heavy atom. The van der Waals surface area contributed by atoms with Crippen LogP contribution in [0.3, 0.4) is 0 Å². The maximum absolute atomic E-state index is 10.6. The second kappa shape index (κ2) is 8.04. The summed E-state index contributed by atoms with van der Waals surface area (Å²) in [7, 11) is 0. The fraction of sp³-hybridized carbons (Fsp3) is 0.733. The topological polar surface area (TPSA) is 67.2 Å². The van der Waals surface area contributed by atoms with Crippen LogP contribution in [0.5, 0.6) is 0 Å². The fourth-order valence-corrected chi connectivity index (χ4v) is 2.15. The zero-order valence-corrected chi connectivity index (χ0v) is 12.9. The number of hydrogen-bond donors (Lipinski definition) is 2. The molecule has 0 amide bonds. The van der Waals surface area contributed by atoms with E-state index in [0.717, 1.165) is 38.9 Å². The molecule has 0 radical (unpaired) electrons. The second-order valence-corrected chi connectivity index (χ2v) is 6.06. The molecule has 0 aliphatic heterocycles. The first-order chi connectivity index (χ1) is 9.44. The van der Waals surface area contributed by atoms with Crippen LogP contribution in [0.15, 0.2) is 12.5 Å². The molecule has 0 bridgehead atoms. The summed E-state index contributed by atoms with van der Waals surface area (Å²) in [5.74, 6) is -0.713. The van der Waals surface area contributed by atoms with Crippen molar-refractivity contribution in [3.05, 3.63) is 18.2 Å². The van der Waals surface area contributed by atoms with Gasteiger partial charge in [0.25, 0.3) is 0 Å². The molecule has 1 heterocycles. The molecule has 0 atom stereocenters. The number of rotatable bonds is 10. The highest BCUT2D eigenvalue weighted by Crippen LogP contribution is 2.26. The Balaban J connectivity index is 2.26. The minimum atomic E-state index is -0.713. The third-order valence-corrected chi connectivity index (χ3v) is 3.56. The monoisotopic (exact) mass is 281 g/mol. The molecule has 5 heteroatoms. The Morgan fingerprint density at radius 1 is 1.45 bits per heavy atom. The molecule has 5 nitrogen and oxygen atoms in total. The summed E-state index contributed by atoms with van der Waals surface area (Å²) in [5.41, 5.74) is 1.27. The molecule has 0 aromatic carbocycles. The van der Waals surface area contributed by atoms with Gasteiger partial charge in [0, 0.05) is 25.7 Å². The van der Waals surface area contributed by atoms with Crippen molar-refractivity contribution in [3.8, 4) is 0 Å². The van der Waals surface area contributed by atoms with Crippen LogP contribution >= 0.6 is 0 Å². The van der Waals surface area contributed by atoms with Gasteiger partial charge in [0.2, 0.25) is 0 Å². The van der Waals surface area contributed by atoms with Gasteiger partial charge in [-0.1, -0.05) is 20.8 Å². The number of imidazole rings is 1. The van der Waals surface area contributed by atoms with E-state index in [9.17, 15) is 4.79 Å². The van der Waals surface area contributed by atoms with E-state index in [2.05, 4.69) is 35.6 Å². The van der Waals surface area contributed by atoms with Crippen LogP contribution in [0, 0.1) is 5.41 Å². The third kappa shape index (κ3) is 6.19. The van der Waals surface area contributed by atoms with Gasteiger partial charge in [-0.05, 0) is 31.2 Å². The molecular weight excluding hydrogens is 254 g/mol. The van der Waals surface area contributed by atoms with E-state index >= 15 is 0 Å². The van der Waals surface area contributed by atoms with Crippen molar-refractivity contribution < 1.29 is 9.90 Å². The van der Waals surface area contributed by atoms with Crippen molar-refractivity contribution in [1.29, 1.82) is 0 Å². The lowest BCUT2D eigenvalue weighted by Crippen LogP contribution is -2.23. The second-order valence-electron chi connectivity index (χ2n) is 6.06. The molecule has 0 spiro atoms. The Hall–Kier alpha value is -1.36. The smallest absolute Gasteiger partial charge is 0.303 e. The molecule has 1 rings (SSSR count). The standard InChI is InChI=1S/C15H27N3O2/c1-4-9-18-12-17-11-13(18)10-16-8-7-15(2,3)6-5-14(19)20/h11-12,16H,4-10H2,1-3H3,(H,19,20). The summed E-state index contributed by atoms with van der Waals surface area (Å²) in [6.07, 6.45) is 6.82. The number of carboxylic acids is 1. The average molecular weight is 281 g/mol. The molecule has 1 aromatic rings. The van der Waals surface area contributed by atoms with Gasteiger partial charge in [-0.2, -0.15) is 0 Å². The molecular formula is C15H27N3O2. The molecule has 1 aromatic heterocycles. The SMILES string of the molecule is CCCn1cncc1CNCCC(C)(C)CCC(=O)O. The normalized spacial score (nSPS) is 11.8. The Morgan fingerprint density at radius 2 is 2.20 bits per heavy atom. The highest BCUT2D eigenvalue weighted by Gasteiger charge is 2.18. The first-order valence-electron chi connectivity index (χ1n) is 7.36. The largest absolute Gasteiger partial charge is 0.481 e. The summed E-state index contributed by atoms with van der Waals surface area (Å²) >= 11 is 0. The Kier molecular flexibility index (Phi) is 6.71. The number of hydrogen-bond acceptors (Lipinski definition) is 3. The van der Waals surface area contributed by atoms with E-state index in [1.165, 1.54) is 5.69 Å². The van der Waals surface area contributed by atoms with Crippen LogP contribution in [-0.4, -0.2) is 27.2 Å². The van der Waals surface area contributed by atoms with Crippen molar-refractivity contribution in [1.82, 2.24) is 14.9 Å². The third-order valence-electron chi connectivity index (χ3n) is 3.56.